The molecule has 86 valence electrons. The highest BCUT2D eigenvalue weighted by molar-refractivity contribution is 5.69. The number of amides is 1. The molecule has 1 atom stereocenters. The zero-order valence-electron chi connectivity index (χ0n) is 10.2. The fourth-order valence-electron chi connectivity index (χ4n) is 1.53. The van der Waals surface area contributed by atoms with Crippen LogP contribution in [-0.4, -0.2) is 29.2 Å². The monoisotopic (exact) mass is 212 g/mol. The molecule has 0 saturated heterocycles. The molecule has 0 aromatic rings. The first-order valence-corrected chi connectivity index (χ1v) is 5.17. The van der Waals surface area contributed by atoms with Crippen LogP contribution < -0.4 is 0 Å². The van der Waals surface area contributed by atoms with E-state index in [0.29, 0.717) is 13.0 Å². The lowest BCUT2D eigenvalue weighted by molar-refractivity contribution is 0.0520. The molecule has 0 spiro atoms. The lowest BCUT2D eigenvalue weighted by atomic mass is 10.0. The van der Waals surface area contributed by atoms with Crippen LogP contribution in [0, 0.1) is 11.3 Å². The number of nitrogens with zero attached hydrogens (tertiary/aromatic N) is 2. The van der Waals surface area contributed by atoms with Crippen molar-refractivity contribution in [1.82, 2.24) is 4.90 Å². The van der Waals surface area contributed by atoms with Gasteiger partial charge in [0.25, 0.3) is 0 Å². The molecule has 0 aliphatic rings. The highest BCUT2D eigenvalue weighted by Crippen LogP contribution is 2.19. The van der Waals surface area contributed by atoms with E-state index in [1.165, 1.54) is 0 Å². The van der Waals surface area contributed by atoms with Crippen LogP contribution in [0.2, 0.25) is 0 Å². The maximum Gasteiger partial charge on any atom is 0.410 e. The van der Waals surface area contributed by atoms with Gasteiger partial charge in [-0.15, -0.1) is 0 Å². The fraction of sp³-hybridized carbons (Fsp3) is 0.818. The maximum atomic E-state index is 11.7. The molecule has 0 aromatic heterocycles. The summed E-state index contributed by atoms with van der Waals surface area (Å²) in [4.78, 5) is 13.3. The van der Waals surface area contributed by atoms with Gasteiger partial charge < -0.3 is 4.74 Å². The maximum absolute atomic E-state index is 11.7. The zero-order valence-corrected chi connectivity index (χ0v) is 10.2. The molecule has 0 aliphatic carbocycles. The van der Waals surface area contributed by atoms with Gasteiger partial charge in [0.15, 0.2) is 0 Å². The Balaban J connectivity index is 4.75. The zero-order chi connectivity index (χ0) is 12.1. The van der Waals surface area contributed by atoms with E-state index in [0.717, 1.165) is 0 Å². The first kappa shape index (κ1) is 13.8. The third kappa shape index (κ3) is 4.20. The molecule has 15 heavy (non-hydrogen) atoms. The SMILES string of the molecule is CCOC(=O)N([C@@H](C)CC#N)C(C)(C)C. The molecule has 0 rings (SSSR count). The molecule has 1 amide bonds. The number of nitriles is 1. The highest BCUT2D eigenvalue weighted by Gasteiger charge is 2.31. The first-order valence-electron chi connectivity index (χ1n) is 5.17. The number of carbonyl (C=O) groups is 1. The summed E-state index contributed by atoms with van der Waals surface area (Å²) < 4.78 is 4.98. The van der Waals surface area contributed by atoms with Gasteiger partial charge in [0.2, 0.25) is 0 Å². The van der Waals surface area contributed by atoms with E-state index in [-0.39, 0.29) is 17.7 Å². The molecule has 0 fully saturated rings. The molecule has 0 bridgehead atoms. The second-order valence-electron chi connectivity index (χ2n) is 4.45. The quantitative estimate of drug-likeness (QED) is 0.722. The van der Waals surface area contributed by atoms with Gasteiger partial charge in [0.1, 0.15) is 0 Å². The van der Waals surface area contributed by atoms with Crippen LogP contribution in [0.3, 0.4) is 0 Å². The summed E-state index contributed by atoms with van der Waals surface area (Å²) in [6.45, 7) is 9.76. The van der Waals surface area contributed by atoms with Crippen molar-refractivity contribution in [3.63, 3.8) is 0 Å². The molecule has 0 saturated carbocycles. The minimum atomic E-state index is -0.354. The van der Waals surface area contributed by atoms with Gasteiger partial charge in [-0.2, -0.15) is 5.26 Å². The van der Waals surface area contributed by atoms with Gasteiger partial charge in [-0.25, -0.2) is 4.79 Å². The van der Waals surface area contributed by atoms with Gasteiger partial charge in [-0.05, 0) is 34.6 Å². The van der Waals surface area contributed by atoms with E-state index < -0.39 is 0 Å². The molecule has 0 radical (unpaired) electrons. The number of hydrogen-bond donors (Lipinski definition) is 0. The number of ether oxygens (including phenoxy) is 1. The summed E-state index contributed by atoms with van der Waals surface area (Å²) in [6.07, 6.45) is -0.0384. The Morgan fingerprint density at radius 1 is 1.53 bits per heavy atom. The van der Waals surface area contributed by atoms with Crippen LogP contribution in [0.5, 0.6) is 0 Å². The Morgan fingerprint density at radius 3 is 2.40 bits per heavy atom. The van der Waals surface area contributed by atoms with Crippen LogP contribution in [0.25, 0.3) is 0 Å². The second-order valence-corrected chi connectivity index (χ2v) is 4.45. The molecule has 0 N–H and O–H groups in total. The number of carbonyl (C=O) groups excluding carboxylic acids is 1. The average molecular weight is 212 g/mol. The van der Waals surface area contributed by atoms with Crippen LogP contribution in [0.15, 0.2) is 0 Å². The van der Waals surface area contributed by atoms with Gasteiger partial charge in [-0.3, -0.25) is 4.90 Å². The third-order valence-corrected chi connectivity index (χ3v) is 2.01. The van der Waals surface area contributed by atoms with Crippen LogP contribution in [0.1, 0.15) is 41.0 Å². The van der Waals surface area contributed by atoms with Crippen LogP contribution >= 0.6 is 0 Å². The van der Waals surface area contributed by atoms with Gasteiger partial charge in [-0.1, -0.05) is 0 Å². The molecule has 0 aromatic carbocycles. The molecule has 4 nitrogen and oxygen atoms in total. The first-order chi connectivity index (χ1) is 6.84. The summed E-state index contributed by atoms with van der Waals surface area (Å²) in [5.41, 5.74) is -0.331. The lowest BCUT2D eigenvalue weighted by Crippen LogP contribution is -2.50. The van der Waals surface area contributed by atoms with Crippen LogP contribution in [-0.2, 0) is 4.74 Å². The Morgan fingerprint density at radius 2 is 2.07 bits per heavy atom. The predicted molar refractivity (Wildman–Crippen MR) is 58.3 cm³/mol. The largest absolute Gasteiger partial charge is 0.450 e. The van der Waals surface area contributed by atoms with Crippen LogP contribution in [0.4, 0.5) is 4.79 Å². The van der Waals surface area contributed by atoms with Gasteiger partial charge in [0.05, 0.1) is 19.1 Å². The number of hydrogen-bond acceptors (Lipinski definition) is 3. The highest BCUT2D eigenvalue weighted by atomic mass is 16.6. The summed E-state index contributed by atoms with van der Waals surface area (Å²) in [7, 11) is 0. The normalized spacial score (nSPS) is 12.8. The fourth-order valence-corrected chi connectivity index (χ4v) is 1.53. The summed E-state index contributed by atoms with van der Waals surface area (Å²) in [6, 6.07) is 1.94. The molecule has 0 unspecified atom stereocenters. The van der Waals surface area contributed by atoms with Crippen molar-refractivity contribution in [2.45, 2.75) is 52.6 Å². The minimum absolute atomic E-state index is 0.131. The van der Waals surface area contributed by atoms with Gasteiger partial charge >= 0.3 is 6.09 Å². The van der Waals surface area contributed by atoms with Crippen molar-refractivity contribution in [3.05, 3.63) is 0 Å². The van der Waals surface area contributed by atoms with Crippen molar-refractivity contribution in [2.24, 2.45) is 0 Å². The molecule has 4 heteroatoms. The van der Waals surface area contributed by atoms with Crippen molar-refractivity contribution in [1.29, 1.82) is 5.26 Å². The number of rotatable bonds is 3. The predicted octanol–water partition coefficient (Wildman–Crippen LogP) is 2.55. The average Bonchev–Trinajstić information content (AvgIpc) is 2.01. The topological polar surface area (TPSA) is 53.3 Å². The van der Waals surface area contributed by atoms with Crippen molar-refractivity contribution < 1.29 is 9.53 Å². The summed E-state index contributed by atoms with van der Waals surface area (Å²) in [5, 5.41) is 8.63. The summed E-state index contributed by atoms with van der Waals surface area (Å²) >= 11 is 0. The van der Waals surface area contributed by atoms with E-state index in [2.05, 4.69) is 6.07 Å². The molecule has 0 heterocycles. The minimum Gasteiger partial charge on any atom is -0.450 e. The van der Waals surface area contributed by atoms with E-state index >= 15 is 0 Å². The third-order valence-electron chi connectivity index (χ3n) is 2.01. The molecule has 0 aliphatic heterocycles. The summed E-state index contributed by atoms with van der Waals surface area (Å²) in [5.74, 6) is 0. The van der Waals surface area contributed by atoms with Crippen molar-refractivity contribution in [3.8, 4) is 6.07 Å². The van der Waals surface area contributed by atoms with Gasteiger partial charge in [0, 0.05) is 11.6 Å². The Hall–Kier alpha value is -1.24. The lowest BCUT2D eigenvalue weighted by Gasteiger charge is -2.38. The van der Waals surface area contributed by atoms with E-state index in [1.807, 2.05) is 27.7 Å². The smallest absolute Gasteiger partial charge is 0.410 e. The van der Waals surface area contributed by atoms with E-state index in [1.54, 1.807) is 11.8 Å². The van der Waals surface area contributed by atoms with Crippen molar-refractivity contribution in [2.75, 3.05) is 6.61 Å². The Kier molecular flexibility index (Phi) is 5.13. The van der Waals surface area contributed by atoms with E-state index in [4.69, 9.17) is 10.00 Å². The molecular weight excluding hydrogens is 192 g/mol. The van der Waals surface area contributed by atoms with E-state index in [9.17, 15) is 4.79 Å². The Bertz CT molecular complexity index is 250. The van der Waals surface area contributed by atoms with Crippen molar-refractivity contribution >= 4 is 6.09 Å². The Labute approximate surface area is 91.8 Å². The second kappa shape index (κ2) is 5.59. The molecular formula is C11H20N2O2. The standard InChI is InChI=1S/C11H20N2O2/c1-6-15-10(14)13(11(3,4)5)9(2)7-8-12/h9H,6-7H2,1-5H3/t9-/m0/s1.